The Hall–Kier alpha value is -3.61. The lowest BCUT2D eigenvalue weighted by atomic mass is 10.2. The number of H-pyrrole nitrogens is 1. The fourth-order valence-electron chi connectivity index (χ4n) is 3.30. The number of benzene rings is 2. The number of carbonyl (C=O) groups excluding carboxylic acids is 1. The molecule has 13 heteroatoms. The Balaban J connectivity index is 1.48. The molecule has 2 heterocycles. The van der Waals surface area contributed by atoms with Gasteiger partial charge in [0.05, 0.1) is 23.8 Å². The van der Waals surface area contributed by atoms with Gasteiger partial charge in [-0.1, -0.05) is 17.7 Å². The Morgan fingerprint density at radius 1 is 1.20 bits per heavy atom. The van der Waals surface area contributed by atoms with Crippen molar-refractivity contribution in [1.29, 1.82) is 0 Å². The number of carboxylic acids is 1. The normalized spacial score (nSPS) is 17.8. The van der Waals surface area contributed by atoms with E-state index in [4.69, 9.17) is 30.9 Å². The molecular weight excluding hydrogens is 492 g/mol. The van der Waals surface area contributed by atoms with Crippen molar-refractivity contribution in [2.45, 2.75) is 18.8 Å². The van der Waals surface area contributed by atoms with Crippen LogP contribution in [0.2, 0.25) is 5.02 Å². The summed E-state index contributed by atoms with van der Waals surface area (Å²) in [7, 11) is 0. The molecule has 2 atom stereocenters. The molecular formula is C22H18ClF2N3O7. The Morgan fingerprint density at radius 3 is 2.66 bits per heavy atom. The van der Waals surface area contributed by atoms with Crippen molar-refractivity contribution in [1.82, 2.24) is 15.3 Å². The zero-order valence-corrected chi connectivity index (χ0v) is 18.6. The molecule has 1 saturated heterocycles. The summed E-state index contributed by atoms with van der Waals surface area (Å²) in [5.74, 6) is -4.04. The number of hydrogen-bond donors (Lipinski definition) is 3. The number of nitrogens with zero attached hydrogens (tertiary/aromatic N) is 1. The first-order chi connectivity index (χ1) is 16.7. The molecule has 2 aromatic carbocycles. The molecule has 35 heavy (non-hydrogen) atoms. The number of aromatic amines is 1. The highest BCUT2D eigenvalue weighted by atomic mass is 35.5. The fraction of sp³-hybridized carbons (Fsp3) is 0.273. The van der Waals surface area contributed by atoms with E-state index in [1.54, 1.807) is 0 Å². The third kappa shape index (κ3) is 5.56. The molecule has 0 aliphatic carbocycles. The van der Waals surface area contributed by atoms with E-state index in [-0.39, 0.29) is 48.1 Å². The maximum atomic E-state index is 14.5. The predicted molar refractivity (Wildman–Crippen MR) is 118 cm³/mol. The van der Waals surface area contributed by atoms with Crippen molar-refractivity contribution in [3.05, 3.63) is 68.7 Å². The molecule has 3 aromatic rings. The van der Waals surface area contributed by atoms with Gasteiger partial charge < -0.3 is 29.6 Å². The Bertz CT molecular complexity index is 1340. The minimum absolute atomic E-state index is 0.00637. The number of aliphatic carboxylic acids is 1. The minimum Gasteiger partial charge on any atom is -0.487 e. The van der Waals surface area contributed by atoms with Gasteiger partial charge in [0.1, 0.15) is 23.9 Å². The summed E-state index contributed by atoms with van der Waals surface area (Å²) in [5.41, 5.74) is -0.285. The zero-order valence-electron chi connectivity index (χ0n) is 17.8. The van der Waals surface area contributed by atoms with Crippen molar-refractivity contribution in [3.63, 3.8) is 0 Å². The van der Waals surface area contributed by atoms with Crippen molar-refractivity contribution >= 4 is 34.4 Å². The number of halogens is 3. The van der Waals surface area contributed by atoms with Crippen molar-refractivity contribution in [3.8, 4) is 5.75 Å². The van der Waals surface area contributed by atoms with E-state index in [0.29, 0.717) is 5.56 Å². The highest BCUT2D eigenvalue weighted by Crippen LogP contribution is 2.26. The van der Waals surface area contributed by atoms with E-state index < -0.39 is 47.0 Å². The number of fused-ring (bicyclic) bond motifs is 1. The number of ether oxygens (including phenoxy) is 3. The summed E-state index contributed by atoms with van der Waals surface area (Å²) in [6.45, 7) is -0.525. The molecule has 1 amide bonds. The first kappa shape index (κ1) is 24.5. The average Bonchev–Trinajstić information content (AvgIpc) is 2.84. The van der Waals surface area contributed by atoms with Crippen LogP contribution in [0.15, 0.2) is 35.1 Å². The smallest absolute Gasteiger partial charge is 0.335 e. The lowest BCUT2D eigenvalue weighted by molar-refractivity contribution is -0.178. The number of hydrogen-bond acceptors (Lipinski definition) is 7. The van der Waals surface area contributed by atoms with Gasteiger partial charge in [-0.05, 0) is 29.8 Å². The zero-order chi connectivity index (χ0) is 25.1. The predicted octanol–water partition coefficient (Wildman–Crippen LogP) is 2.03. The van der Waals surface area contributed by atoms with Gasteiger partial charge in [-0.2, -0.15) is 0 Å². The Kier molecular flexibility index (Phi) is 7.24. The van der Waals surface area contributed by atoms with Gasteiger partial charge in [-0.3, -0.25) is 9.59 Å². The van der Waals surface area contributed by atoms with E-state index in [9.17, 15) is 23.2 Å². The number of carbonyl (C=O) groups is 2. The summed E-state index contributed by atoms with van der Waals surface area (Å²) in [6, 6.07) is 6.20. The lowest BCUT2D eigenvalue weighted by Gasteiger charge is -2.27. The fourth-order valence-corrected chi connectivity index (χ4v) is 3.50. The van der Waals surface area contributed by atoms with Gasteiger partial charge in [0.2, 0.25) is 0 Å². The molecule has 184 valence electrons. The monoisotopic (exact) mass is 509 g/mol. The summed E-state index contributed by atoms with van der Waals surface area (Å²) in [5, 5.41) is 11.1. The largest absolute Gasteiger partial charge is 0.487 e. The van der Waals surface area contributed by atoms with Crippen LogP contribution in [-0.2, 0) is 20.8 Å². The highest BCUT2D eigenvalue weighted by Gasteiger charge is 2.28. The van der Waals surface area contributed by atoms with Gasteiger partial charge in [0.25, 0.3) is 11.5 Å². The van der Waals surface area contributed by atoms with Crippen LogP contribution < -0.4 is 15.6 Å². The molecule has 10 nitrogen and oxygen atoms in total. The molecule has 1 aliphatic rings. The molecule has 4 rings (SSSR count). The van der Waals surface area contributed by atoms with E-state index >= 15 is 0 Å². The first-order valence-corrected chi connectivity index (χ1v) is 10.6. The molecule has 1 aliphatic heterocycles. The number of carboxylic acid groups (broad SMARTS) is 1. The maximum absolute atomic E-state index is 14.5. The van der Waals surface area contributed by atoms with Gasteiger partial charge in [-0.25, -0.2) is 18.6 Å². The van der Waals surface area contributed by atoms with Crippen LogP contribution in [0, 0.1) is 11.6 Å². The van der Waals surface area contributed by atoms with Crippen molar-refractivity contribution in [2.24, 2.45) is 0 Å². The van der Waals surface area contributed by atoms with Crippen LogP contribution in [0.4, 0.5) is 8.78 Å². The number of nitrogens with one attached hydrogen (secondary N) is 2. The van der Waals surface area contributed by atoms with Crippen LogP contribution in [0.25, 0.3) is 10.9 Å². The number of aromatic nitrogens is 2. The summed E-state index contributed by atoms with van der Waals surface area (Å²) >= 11 is 5.73. The van der Waals surface area contributed by atoms with E-state index in [1.807, 2.05) is 0 Å². The molecule has 0 saturated carbocycles. The second kappa shape index (κ2) is 10.3. The maximum Gasteiger partial charge on any atom is 0.335 e. The van der Waals surface area contributed by atoms with Crippen LogP contribution in [-0.4, -0.2) is 59.0 Å². The molecule has 1 fully saturated rings. The number of rotatable bonds is 7. The SMILES string of the molecule is O=C(NCc1ccc(F)c(Cl)c1)c1nc2ccc(F)c(OCC3COC(C(=O)O)CO3)c2c(=O)[nH]1. The van der Waals surface area contributed by atoms with Gasteiger partial charge in [-0.15, -0.1) is 0 Å². The number of amides is 1. The molecule has 0 spiro atoms. The Morgan fingerprint density at radius 2 is 1.97 bits per heavy atom. The molecule has 2 unspecified atom stereocenters. The molecule has 1 aromatic heterocycles. The van der Waals surface area contributed by atoms with Crippen LogP contribution in [0.5, 0.6) is 5.75 Å². The standard InChI is InChI=1S/C22H18ClF2N3O7/c23-12-5-10(1-2-13(12)24)6-26-21(30)19-27-15-4-3-14(25)18(17(15)20(29)28-19)35-8-11-7-34-16(9-33-11)22(31)32/h1-5,11,16H,6-9H2,(H,26,30)(H,31,32)(H,27,28,29). The second-order valence-corrected chi connectivity index (χ2v) is 7.95. The summed E-state index contributed by atoms with van der Waals surface area (Å²) in [6.07, 6.45) is -1.78. The molecule has 0 radical (unpaired) electrons. The summed E-state index contributed by atoms with van der Waals surface area (Å²) in [4.78, 5) is 42.5. The Labute approximate surface area is 200 Å². The van der Waals surface area contributed by atoms with Crippen LogP contribution in [0.1, 0.15) is 16.2 Å². The summed E-state index contributed by atoms with van der Waals surface area (Å²) < 4.78 is 43.7. The minimum atomic E-state index is -1.16. The van der Waals surface area contributed by atoms with E-state index in [1.165, 1.54) is 18.2 Å². The van der Waals surface area contributed by atoms with Crippen molar-refractivity contribution in [2.75, 3.05) is 19.8 Å². The van der Waals surface area contributed by atoms with Gasteiger partial charge >= 0.3 is 5.97 Å². The molecule has 0 bridgehead atoms. The third-order valence-corrected chi connectivity index (χ3v) is 5.38. The topological polar surface area (TPSA) is 140 Å². The first-order valence-electron chi connectivity index (χ1n) is 10.3. The lowest BCUT2D eigenvalue weighted by Crippen LogP contribution is -2.42. The second-order valence-electron chi connectivity index (χ2n) is 7.54. The average molecular weight is 510 g/mol. The van der Waals surface area contributed by atoms with Gasteiger partial charge in [0, 0.05) is 6.54 Å². The van der Waals surface area contributed by atoms with Crippen LogP contribution in [0.3, 0.4) is 0 Å². The third-order valence-electron chi connectivity index (χ3n) is 5.09. The quantitative estimate of drug-likeness (QED) is 0.439. The van der Waals surface area contributed by atoms with E-state index in [2.05, 4.69) is 15.3 Å². The van der Waals surface area contributed by atoms with E-state index in [0.717, 1.165) is 12.1 Å². The van der Waals surface area contributed by atoms with Crippen LogP contribution >= 0.6 is 11.6 Å². The van der Waals surface area contributed by atoms with Crippen molar-refractivity contribution < 1.29 is 37.7 Å². The van der Waals surface area contributed by atoms with Gasteiger partial charge in [0.15, 0.2) is 23.5 Å². The molecule has 3 N–H and O–H groups in total. The highest BCUT2D eigenvalue weighted by molar-refractivity contribution is 6.30.